The largest absolute Gasteiger partial charge is 0.378 e. The van der Waals surface area contributed by atoms with Gasteiger partial charge in [0.1, 0.15) is 0 Å². The van der Waals surface area contributed by atoms with E-state index in [-0.39, 0.29) is 23.7 Å². The molecule has 0 radical (unpaired) electrons. The second kappa shape index (κ2) is 5.57. The lowest BCUT2D eigenvalue weighted by Gasteiger charge is -2.45. The molecule has 0 aromatic heterocycles. The summed E-state index contributed by atoms with van der Waals surface area (Å²) in [6.07, 6.45) is 4.11. The Kier molecular flexibility index (Phi) is 4.28. The first-order chi connectivity index (χ1) is 8.49. The second-order valence-corrected chi connectivity index (χ2v) is 6.13. The van der Waals surface area contributed by atoms with Gasteiger partial charge in [0.15, 0.2) is 0 Å². The molecular weight excluding hydrogens is 230 g/mol. The van der Waals surface area contributed by atoms with E-state index in [0.717, 1.165) is 19.4 Å². The molecule has 0 N–H and O–H groups in total. The van der Waals surface area contributed by atoms with Gasteiger partial charge in [-0.05, 0) is 40.0 Å². The fourth-order valence-electron chi connectivity index (χ4n) is 2.69. The number of carbonyl (C=O) groups is 1. The van der Waals surface area contributed by atoms with Crippen molar-refractivity contribution in [1.82, 2.24) is 4.90 Å². The maximum Gasteiger partial charge on any atom is 0.225 e. The van der Waals surface area contributed by atoms with Crippen LogP contribution in [-0.2, 0) is 14.3 Å². The van der Waals surface area contributed by atoms with E-state index < -0.39 is 0 Å². The summed E-state index contributed by atoms with van der Waals surface area (Å²) in [7, 11) is 0. The van der Waals surface area contributed by atoms with Gasteiger partial charge in [-0.15, -0.1) is 0 Å². The van der Waals surface area contributed by atoms with Gasteiger partial charge in [-0.1, -0.05) is 0 Å². The number of rotatable bonds is 2. The molecule has 1 amide bonds. The molecule has 0 aliphatic carbocycles. The van der Waals surface area contributed by atoms with Crippen LogP contribution >= 0.6 is 0 Å². The number of ether oxygens (including phenoxy) is 2. The lowest BCUT2D eigenvalue weighted by Crippen LogP contribution is -2.58. The third-order valence-electron chi connectivity index (χ3n) is 3.87. The summed E-state index contributed by atoms with van der Waals surface area (Å²) >= 11 is 0. The molecule has 18 heavy (non-hydrogen) atoms. The monoisotopic (exact) mass is 255 g/mol. The highest BCUT2D eigenvalue weighted by Crippen LogP contribution is 2.25. The van der Waals surface area contributed by atoms with E-state index in [1.54, 1.807) is 0 Å². The predicted molar refractivity (Wildman–Crippen MR) is 69.4 cm³/mol. The lowest BCUT2D eigenvalue weighted by atomic mass is 9.98. The van der Waals surface area contributed by atoms with E-state index >= 15 is 0 Å². The highest BCUT2D eigenvalue weighted by atomic mass is 16.5. The molecule has 2 atom stereocenters. The van der Waals surface area contributed by atoms with Gasteiger partial charge in [-0.2, -0.15) is 0 Å². The van der Waals surface area contributed by atoms with Crippen LogP contribution in [0.1, 0.15) is 46.5 Å². The standard InChI is InChI=1S/C14H25NO3/c1-11-9-15(14(2,3)10-18-11)13(16)8-12-6-4-5-7-17-12/h11-12H,4-10H2,1-3H3. The smallest absolute Gasteiger partial charge is 0.225 e. The molecule has 0 saturated carbocycles. The molecule has 0 spiro atoms. The number of amides is 1. The van der Waals surface area contributed by atoms with E-state index in [1.165, 1.54) is 6.42 Å². The Balaban J connectivity index is 1.93. The van der Waals surface area contributed by atoms with Gasteiger partial charge in [0, 0.05) is 13.2 Å². The Hall–Kier alpha value is -0.610. The first-order valence-electron chi connectivity index (χ1n) is 7.03. The zero-order chi connectivity index (χ0) is 13.2. The second-order valence-electron chi connectivity index (χ2n) is 6.13. The van der Waals surface area contributed by atoms with Crippen molar-refractivity contribution in [2.24, 2.45) is 0 Å². The molecule has 2 rings (SSSR count). The molecule has 2 heterocycles. The van der Waals surface area contributed by atoms with Crippen molar-refractivity contribution in [2.45, 2.75) is 64.2 Å². The van der Waals surface area contributed by atoms with Crippen molar-refractivity contribution in [1.29, 1.82) is 0 Å². The van der Waals surface area contributed by atoms with Gasteiger partial charge in [-0.25, -0.2) is 0 Å². The van der Waals surface area contributed by atoms with Crippen LogP contribution in [-0.4, -0.2) is 48.3 Å². The SMILES string of the molecule is CC1CN(C(=O)CC2CCCCO2)C(C)(C)CO1. The average Bonchev–Trinajstić information content (AvgIpc) is 2.33. The van der Waals surface area contributed by atoms with Crippen molar-refractivity contribution in [3.63, 3.8) is 0 Å². The Morgan fingerprint density at radius 3 is 2.78 bits per heavy atom. The van der Waals surface area contributed by atoms with Gasteiger partial charge in [0.2, 0.25) is 5.91 Å². The summed E-state index contributed by atoms with van der Waals surface area (Å²) in [6, 6.07) is 0. The third kappa shape index (κ3) is 3.23. The number of hydrogen-bond acceptors (Lipinski definition) is 3. The topological polar surface area (TPSA) is 38.8 Å². The fourth-order valence-corrected chi connectivity index (χ4v) is 2.69. The van der Waals surface area contributed by atoms with Crippen LogP contribution < -0.4 is 0 Å². The Morgan fingerprint density at radius 1 is 1.33 bits per heavy atom. The molecule has 2 saturated heterocycles. The molecule has 0 aromatic carbocycles. The minimum absolute atomic E-state index is 0.125. The zero-order valence-corrected chi connectivity index (χ0v) is 11.8. The van der Waals surface area contributed by atoms with E-state index in [4.69, 9.17) is 9.47 Å². The minimum atomic E-state index is -0.196. The minimum Gasteiger partial charge on any atom is -0.378 e. The summed E-state index contributed by atoms with van der Waals surface area (Å²) in [5.74, 6) is 0.210. The third-order valence-corrected chi connectivity index (χ3v) is 3.87. The average molecular weight is 255 g/mol. The van der Waals surface area contributed by atoms with Gasteiger partial charge in [-0.3, -0.25) is 4.79 Å². The highest BCUT2D eigenvalue weighted by Gasteiger charge is 2.37. The normalized spacial score (nSPS) is 32.3. The van der Waals surface area contributed by atoms with Crippen LogP contribution in [0.5, 0.6) is 0 Å². The van der Waals surface area contributed by atoms with Crippen molar-refractivity contribution in [2.75, 3.05) is 19.8 Å². The van der Waals surface area contributed by atoms with Crippen LogP contribution in [0.4, 0.5) is 0 Å². The van der Waals surface area contributed by atoms with Crippen molar-refractivity contribution >= 4 is 5.91 Å². The molecular formula is C14H25NO3. The number of morpholine rings is 1. The number of carbonyl (C=O) groups excluding carboxylic acids is 1. The van der Waals surface area contributed by atoms with Gasteiger partial charge < -0.3 is 14.4 Å². The maximum absolute atomic E-state index is 12.4. The van der Waals surface area contributed by atoms with Crippen molar-refractivity contribution in [3.8, 4) is 0 Å². The first-order valence-corrected chi connectivity index (χ1v) is 7.03. The van der Waals surface area contributed by atoms with Crippen LogP contribution in [0.25, 0.3) is 0 Å². The summed E-state index contributed by atoms with van der Waals surface area (Å²) in [4.78, 5) is 14.4. The van der Waals surface area contributed by atoms with Crippen LogP contribution in [0, 0.1) is 0 Å². The molecule has 104 valence electrons. The molecule has 2 fully saturated rings. The maximum atomic E-state index is 12.4. The summed E-state index contributed by atoms with van der Waals surface area (Å²) in [5, 5.41) is 0. The van der Waals surface area contributed by atoms with Gasteiger partial charge in [0.25, 0.3) is 0 Å². The number of nitrogens with zero attached hydrogens (tertiary/aromatic N) is 1. The number of hydrogen-bond donors (Lipinski definition) is 0. The molecule has 0 bridgehead atoms. The molecule has 2 aliphatic heterocycles. The van der Waals surface area contributed by atoms with Crippen molar-refractivity contribution < 1.29 is 14.3 Å². The van der Waals surface area contributed by atoms with E-state index in [2.05, 4.69) is 13.8 Å². The Labute approximate surface area is 110 Å². The molecule has 4 nitrogen and oxygen atoms in total. The highest BCUT2D eigenvalue weighted by molar-refractivity contribution is 5.77. The predicted octanol–water partition coefficient (Wildman–Crippen LogP) is 1.97. The molecule has 2 aliphatic rings. The Bertz CT molecular complexity index is 297. The summed E-state index contributed by atoms with van der Waals surface area (Å²) in [5.41, 5.74) is -0.196. The quantitative estimate of drug-likeness (QED) is 0.757. The molecule has 2 unspecified atom stereocenters. The van der Waals surface area contributed by atoms with Crippen molar-refractivity contribution in [3.05, 3.63) is 0 Å². The molecule has 0 aromatic rings. The van der Waals surface area contributed by atoms with E-state index in [9.17, 15) is 4.79 Å². The van der Waals surface area contributed by atoms with E-state index in [1.807, 2.05) is 11.8 Å². The Morgan fingerprint density at radius 2 is 2.11 bits per heavy atom. The van der Waals surface area contributed by atoms with Crippen LogP contribution in [0.15, 0.2) is 0 Å². The van der Waals surface area contributed by atoms with Crippen LogP contribution in [0.3, 0.4) is 0 Å². The molecule has 4 heteroatoms. The van der Waals surface area contributed by atoms with E-state index in [0.29, 0.717) is 19.6 Å². The van der Waals surface area contributed by atoms with Gasteiger partial charge >= 0.3 is 0 Å². The zero-order valence-electron chi connectivity index (χ0n) is 11.8. The summed E-state index contributed by atoms with van der Waals surface area (Å²) < 4.78 is 11.3. The fraction of sp³-hybridized carbons (Fsp3) is 0.929. The first kappa shape index (κ1) is 13.8. The van der Waals surface area contributed by atoms with Crippen LogP contribution in [0.2, 0.25) is 0 Å². The lowest BCUT2D eigenvalue weighted by molar-refractivity contribution is -0.156. The van der Waals surface area contributed by atoms with Gasteiger partial charge in [0.05, 0.1) is 30.8 Å². The summed E-state index contributed by atoms with van der Waals surface area (Å²) in [6.45, 7) is 8.27.